The van der Waals surface area contributed by atoms with E-state index in [2.05, 4.69) is 23.4 Å². The van der Waals surface area contributed by atoms with Gasteiger partial charge in [0.15, 0.2) is 0 Å². The van der Waals surface area contributed by atoms with Gasteiger partial charge in [0, 0.05) is 13.0 Å². The van der Waals surface area contributed by atoms with Crippen molar-refractivity contribution in [1.82, 2.24) is 9.55 Å². The van der Waals surface area contributed by atoms with Crippen LogP contribution in [0.25, 0.3) is 0 Å². The maximum atomic E-state index is 5.87. The average Bonchev–Trinajstić information content (AvgIpc) is 2.33. The zero-order chi connectivity index (χ0) is 9.14. The predicted molar refractivity (Wildman–Crippen MR) is 51.0 cm³/mol. The Morgan fingerprint density at radius 1 is 1.42 bits per heavy atom. The van der Waals surface area contributed by atoms with Crippen LogP contribution in [0.2, 0.25) is 0 Å². The van der Waals surface area contributed by atoms with Crippen LogP contribution in [-0.4, -0.2) is 9.55 Å². The molecule has 68 valence electrons. The molecule has 1 aromatic rings. The molecular weight excluding hydrogens is 150 g/mol. The summed E-state index contributed by atoms with van der Waals surface area (Å²) in [4.78, 5) is 4.39. The lowest BCUT2D eigenvalue weighted by Crippen LogP contribution is -2.06. The van der Waals surface area contributed by atoms with Crippen molar-refractivity contribution in [2.45, 2.75) is 40.2 Å². The maximum Gasteiger partial charge on any atom is 0.126 e. The first-order valence-electron chi connectivity index (χ1n) is 4.52. The number of nitrogen functional groups attached to an aromatic ring is 1. The number of hydrogen-bond donors (Lipinski definition) is 1. The van der Waals surface area contributed by atoms with Crippen LogP contribution in [-0.2, 0) is 13.0 Å². The standard InChI is InChI=1S/C9H17N3/c1-4-6-12-8(5-2)11-7(3)9(12)10/h4-6,10H2,1-3H3. The Bertz CT molecular complexity index is 263. The van der Waals surface area contributed by atoms with Crippen LogP contribution in [0.5, 0.6) is 0 Å². The number of nitrogens with zero attached hydrogens (tertiary/aromatic N) is 2. The summed E-state index contributed by atoms with van der Waals surface area (Å²) < 4.78 is 2.11. The van der Waals surface area contributed by atoms with E-state index in [0.717, 1.165) is 36.7 Å². The molecule has 3 nitrogen and oxygen atoms in total. The first-order chi connectivity index (χ1) is 5.70. The molecule has 0 aliphatic heterocycles. The van der Waals surface area contributed by atoms with Gasteiger partial charge in [-0.1, -0.05) is 13.8 Å². The van der Waals surface area contributed by atoms with E-state index < -0.39 is 0 Å². The quantitative estimate of drug-likeness (QED) is 0.745. The number of aromatic nitrogens is 2. The zero-order valence-electron chi connectivity index (χ0n) is 8.09. The van der Waals surface area contributed by atoms with E-state index in [1.165, 1.54) is 0 Å². The minimum Gasteiger partial charge on any atom is -0.384 e. The Labute approximate surface area is 73.6 Å². The summed E-state index contributed by atoms with van der Waals surface area (Å²) in [5.41, 5.74) is 6.82. The van der Waals surface area contributed by atoms with Crippen LogP contribution in [0.1, 0.15) is 31.8 Å². The van der Waals surface area contributed by atoms with Crippen molar-refractivity contribution in [2.24, 2.45) is 0 Å². The lowest BCUT2D eigenvalue weighted by Gasteiger charge is -2.05. The van der Waals surface area contributed by atoms with Crippen molar-refractivity contribution >= 4 is 5.82 Å². The molecule has 2 N–H and O–H groups in total. The smallest absolute Gasteiger partial charge is 0.126 e. The highest BCUT2D eigenvalue weighted by molar-refractivity contribution is 5.37. The van der Waals surface area contributed by atoms with Gasteiger partial charge in [0.05, 0.1) is 5.69 Å². The Morgan fingerprint density at radius 3 is 2.58 bits per heavy atom. The first-order valence-corrected chi connectivity index (χ1v) is 4.52. The summed E-state index contributed by atoms with van der Waals surface area (Å²) in [6.07, 6.45) is 2.06. The summed E-state index contributed by atoms with van der Waals surface area (Å²) in [6.45, 7) is 7.19. The van der Waals surface area contributed by atoms with Crippen LogP contribution in [0.15, 0.2) is 0 Å². The number of rotatable bonds is 3. The number of anilines is 1. The van der Waals surface area contributed by atoms with Crippen LogP contribution in [0.4, 0.5) is 5.82 Å². The van der Waals surface area contributed by atoms with Crippen molar-refractivity contribution < 1.29 is 0 Å². The van der Waals surface area contributed by atoms with Crippen molar-refractivity contribution in [2.75, 3.05) is 5.73 Å². The first kappa shape index (κ1) is 9.10. The summed E-state index contributed by atoms with van der Waals surface area (Å²) >= 11 is 0. The molecule has 1 aromatic heterocycles. The topological polar surface area (TPSA) is 43.8 Å². The summed E-state index contributed by atoms with van der Waals surface area (Å²) in [7, 11) is 0. The van der Waals surface area contributed by atoms with E-state index in [4.69, 9.17) is 5.73 Å². The van der Waals surface area contributed by atoms with Gasteiger partial charge in [-0.2, -0.15) is 0 Å². The fraction of sp³-hybridized carbons (Fsp3) is 0.667. The molecule has 0 aliphatic carbocycles. The molecule has 0 radical (unpaired) electrons. The number of aryl methyl sites for hydroxylation is 2. The molecule has 0 amide bonds. The fourth-order valence-corrected chi connectivity index (χ4v) is 1.39. The van der Waals surface area contributed by atoms with Crippen LogP contribution in [0, 0.1) is 6.92 Å². The third kappa shape index (κ3) is 1.44. The van der Waals surface area contributed by atoms with Gasteiger partial charge in [0.1, 0.15) is 11.6 Å². The van der Waals surface area contributed by atoms with E-state index in [1.807, 2.05) is 6.92 Å². The van der Waals surface area contributed by atoms with Crippen LogP contribution < -0.4 is 5.73 Å². The predicted octanol–water partition coefficient (Wildman–Crippen LogP) is 1.75. The molecule has 0 bridgehead atoms. The van der Waals surface area contributed by atoms with E-state index in [-0.39, 0.29) is 0 Å². The molecule has 0 unspecified atom stereocenters. The van der Waals surface area contributed by atoms with Crippen molar-refractivity contribution in [3.05, 3.63) is 11.5 Å². The molecule has 1 rings (SSSR count). The molecular formula is C9H17N3. The third-order valence-electron chi connectivity index (χ3n) is 2.03. The lowest BCUT2D eigenvalue weighted by atomic mass is 10.4. The molecule has 0 saturated heterocycles. The second-order valence-corrected chi connectivity index (χ2v) is 3.00. The minimum absolute atomic E-state index is 0.828. The number of imidazole rings is 1. The summed E-state index contributed by atoms with van der Waals surface area (Å²) in [5.74, 6) is 1.93. The highest BCUT2D eigenvalue weighted by Gasteiger charge is 2.08. The third-order valence-corrected chi connectivity index (χ3v) is 2.03. The van der Waals surface area contributed by atoms with Gasteiger partial charge in [-0.15, -0.1) is 0 Å². The normalized spacial score (nSPS) is 10.6. The molecule has 0 aliphatic rings. The van der Waals surface area contributed by atoms with E-state index >= 15 is 0 Å². The van der Waals surface area contributed by atoms with E-state index in [0.29, 0.717) is 0 Å². The van der Waals surface area contributed by atoms with Crippen LogP contribution >= 0.6 is 0 Å². The second kappa shape index (κ2) is 3.61. The highest BCUT2D eigenvalue weighted by atomic mass is 15.1. The Morgan fingerprint density at radius 2 is 2.08 bits per heavy atom. The molecule has 3 heteroatoms. The van der Waals surface area contributed by atoms with Gasteiger partial charge in [-0.25, -0.2) is 4.98 Å². The van der Waals surface area contributed by atoms with Gasteiger partial charge in [0.2, 0.25) is 0 Å². The van der Waals surface area contributed by atoms with Crippen molar-refractivity contribution in [3.63, 3.8) is 0 Å². The average molecular weight is 167 g/mol. The SMILES string of the molecule is CCCn1c(CC)nc(C)c1N. The second-order valence-electron chi connectivity index (χ2n) is 3.00. The molecule has 0 aromatic carbocycles. The molecule has 0 saturated carbocycles. The Kier molecular flexibility index (Phi) is 2.74. The lowest BCUT2D eigenvalue weighted by molar-refractivity contribution is 0.650. The maximum absolute atomic E-state index is 5.87. The molecule has 0 atom stereocenters. The van der Waals surface area contributed by atoms with Gasteiger partial charge in [-0.3, -0.25) is 0 Å². The Hall–Kier alpha value is -0.990. The monoisotopic (exact) mass is 167 g/mol. The van der Waals surface area contributed by atoms with Crippen molar-refractivity contribution in [3.8, 4) is 0 Å². The summed E-state index contributed by atoms with van der Waals surface area (Å²) in [5, 5.41) is 0. The molecule has 0 fully saturated rings. The van der Waals surface area contributed by atoms with Gasteiger partial charge in [-0.05, 0) is 13.3 Å². The number of hydrogen-bond acceptors (Lipinski definition) is 2. The van der Waals surface area contributed by atoms with Gasteiger partial charge in [0.25, 0.3) is 0 Å². The van der Waals surface area contributed by atoms with Gasteiger partial charge < -0.3 is 10.3 Å². The fourth-order valence-electron chi connectivity index (χ4n) is 1.39. The Balaban J connectivity index is 3.03. The van der Waals surface area contributed by atoms with E-state index in [9.17, 15) is 0 Å². The van der Waals surface area contributed by atoms with E-state index in [1.54, 1.807) is 0 Å². The molecule has 12 heavy (non-hydrogen) atoms. The largest absolute Gasteiger partial charge is 0.384 e. The van der Waals surface area contributed by atoms with Crippen LogP contribution in [0.3, 0.4) is 0 Å². The highest BCUT2D eigenvalue weighted by Crippen LogP contribution is 2.14. The van der Waals surface area contributed by atoms with Crippen molar-refractivity contribution in [1.29, 1.82) is 0 Å². The zero-order valence-corrected chi connectivity index (χ0v) is 8.09. The number of nitrogens with two attached hydrogens (primary N) is 1. The minimum atomic E-state index is 0.828. The summed E-state index contributed by atoms with van der Waals surface area (Å²) in [6, 6.07) is 0. The van der Waals surface area contributed by atoms with Gasteiger partial charge >= 0.3 is 0 Å². The molecule has 1 heterocycles. The molecule has 0 spiro atoms.